The Bertz CT molecular complexity index is 318. The molecular weight excluding hydrogens is 250 g/mol. The summed E-state index contributed by atoms with van der Waals surface area (Å²) in [5.74, 6) is -0.444. The van der Waals surface area contributed by atoms with E-state index < -0.39 is 18.0 Å². The molecule has 7 nitrogen and oxygen atoms in total. The number of likely N-dealkylation sites (N-methyl/N-ethyl adjacent to an activating group) is 1. The quantitative estimate of drug-likeness (QED) is 0.608. The number of ether oxygens (including phenoxy) is 1. The van der Waals surface area contributed by atoms with Gasteiger partial charge >= 0.3 is 6.09 Å². The van der Waals surface area contributed by atoms with Crippen LogP contribution in [0.2, 0.25) is 0 Å². The maximum absolute atomic E-state index is 11.9. The van der Waals surface area contributed by atoms with Gasteiger partial charge in [0.05, 0.1) is 13.7 Å². The number of amides is 3. The lowest BCUT2D eigenvalue weighted by Crippen LogP contribution is -2.49. The summed E-state index contributed by atoms with van der Waals surface area (Å²) in [5.41, 5.74) is 0. The van der Waals surface area contributed by atoms with E-state index in [0.29, 0.717) is 13.0 Å². The van der Waals surface area contributed by atoms with Crippen molar-refractivity contribution in [3.05, 3.63) is 0 Å². The molecule has 1 atom stereocenters. The van der Waals surface area contributed by atoms with Gasteiger partial charge in [-0.05, 0) is 19.3 Å². The summed E-state index contributed by atoms with van der Waals surface area (Å²) in [6, 6.07) is -0.707. The molecule has 0 heterocycles. The summed E-state index contributed by atoms with van der Waals surface area (Å²) < 4.78 is 4.47. The lowest BCUT2D eigenvalue weighted by Gasteiger charge is -2.19. The van der Waals surface area contributed by atoms with Crippen molar-refractivity contribution in [3.63, 3.8) is 0 Å². The van der Waals surface area contributed by atoms with Crippen molar-refractivity contribution < 1.29 is 19.1 Å². The number of nitrogens with one attached hydrogen (secondary N) is 3. The summed E-state index contributed by atoms with van der Waals surface area (Å²) in [5, 5.41) is 7.50. The third-order valence-electron chi connectivity index (χ3n) is 2.30. The number of carbonyl (C=O) groups is 3. The molecule has 0 saturated carbocycles. The highest BCUT2D eigenvalue weighted by Crippen LogP contribution is 2.05. The molecule has 0 fully saturated rings. The van der Waals surface area contributed by atoms with Gasteiger partial charge in [-0.2, -0.15) is 0 Å². The van der Waals surface area contributed by atoms with Crippen molar-refractivity contribution in [2.45, 2.75) is 33.2 Å². The number of hydrogen-bond donors (Lipinski definition) is 3. The van der Waals surface area contributed by atoms with Crippen LogP contribution in [0.5, 0.6) is 0 Å². The second-order valence-electron chi connectivity index (χ2n) is 4.49. The molecule has 3 amide bonds. The second kappa shape index (κ2) is 9.18. The molecule has 0 aromatic carbocycles. The first kappa shape index (κ1) is 17.2. The summed E-state index contributed by atoms with van der Waals surface area (Å²) in [6.07, 6.45) is -0.199. The van der Waals surface area contributed by atoms with Gasteiger partial charge in [0.15, 0.2) is 0 Å². The van der Waals surface area contributed by atoms with Crippen molar-refractivity contribution in [1.82, 2.24) is 16.0 Å². The second-order valence-corrected chi connectivity index (χ2v) is 4.49. The van der Waals surface area contributed by atoms with Crippen LogP contribution in [0.3, 0.4) is 0 Å². The first-order chi connectivity index (χ1) is 8.90. The van der Waals surface area contributed by atoms with Crippen LogP contribution in [0, 0.1) is 5.92 Å². The van der Waals surface area contributed by atoms with Gasteiger partial charge in [0.1, 0.15) is 6.04 Å². The van der Waals surface area contributed by atoms with Crippen LogP contribution < -0.4 is 16.0 Å². The van der Waals surface area contributed by atoms with Crippen LogP contribution in [0.4, 0.5) is 4.79 Å². The molecule has 0 aromatic rings. The predicted molar refractivity (Wildman–Crippen MR) is 70.5 cm³/mol. The van der Waals surface area contributed by atoms with Crippen LogP contribution in [0.1, 0.15) is 27.2 Å². The number of alkyl carbamates (subject to hydrolysis) is 1. The van der Waals surface area contributed by atoms with Crippen molar-refractivity contribution in [2.75, 3.05) is 20.2 Å². The van der Waals surface area contributed by atoms with E-state index >= 15 is 0 Å². The molecule has 0 spiro atoms. The van der Waals surface area contributed by atoms with Crippen LogP contribution in [-0.2, 0) is 14.3 Å². The highest BCUT2D eigenvalue weighted by atomic mass is 16.5. The first-order valence-electron chi connectivity index (χ1n) is 6.29. The molecular formula is C12H23N3O4. The lowest BCUT2D eigenvalue weighted by molar-refractivity contribution is -0.127. The molecule has 0 radical (unpaired) electrons. The molecule has 0 aliphatic rings. The number of hydrogen-bond acceptors (Lipinski definition) is 4. The fourth-order valence-electron chi connectivity index (χ4n) is 1.45. The number of rotatable bonds is 7. The zero-order valence-corrected chi connectivity index (χ0v) is 11.9. The maximum Gasteiger partial charge on any atom is 0.407 e. The lowest BCUT2D eigenvalue weighted by atomic mass is 10.0. The van der Waals surface area contributed by atoms with E-state index in [1.165, 1.54) is 7.11 Å². The van der Waals surface area contributed by atoms with Gasteiger partial charge in [-0.25, -0.2) is 4.79 Å². The standard InChI is InChI=1S/C12H23N3O4/c1-5-13-10(16)7-14-11(17)9(6-8(2)3)15-12(18)19-4/h8-9H,5-7H2,1-4H3,(H,13,16)(H,14,17)(H,15,18)/t9-/m1/s1. The minimum Gasteiger partial charge on any atom is -0.453 e. The molecule has 0 aliphatic heterocycles. The van der Waals surface area contributed by atoms with Gasteiger partial charge < -0.3 is 20.7 Å². The summed E-state index contributed by atoms with van der Waals surface area (Å²) >= 11 is 0. The summed E-state index contributed by atoms with van der Waals surface area (Å²) in [4.78, 5) is 34.3. The average molecular weight is 273 g/mol. The van der Waals surface area contributed by atoms with Gasteiger partial charge in [-0.3, -0.25) is 9.59 Å². The largest absolute Gasteiger partial charge is 0.453 e. The van der Waals surface area contributed by atoms with Gasteiger partial charge in [-0.15, -0.1) is 0 Å². The Morgan fingerprint density at radius 1 is 1.16 bits per heavy atom. The molecule has 19 heavy (non-hydrogen) atoms. The third kappa shape index (κ3) is 8.01. The molecule has 3 N–H and O–H groups in total. The van der Waals surface area contributed by atoms with E-state index in [-0.39, 0.29) is 18.4 Å². The van der Waals surface area contributed by atoms with Crippen molar-refractivity contribution in [3.8, 4) is 0 Å². The van der Waals surface area contributed by atoms with Crippen LogP contribution >= 0.6 is 0 Å². The van der Waals surface area contributed by atoms with Gasteiger partial charge in [0, 0.05) is 6.54 Å². The van der Waals surface area contributed by atoms with Gasteiger partial charge in [0.25, 0.3) is 0 Å². The zero-order chi connectivity index (χ0) is 14.8. The molecule has 0 rings (SSSR count). The fourth-order valence-corrected chi connectivity index (χ4v) is 1.45. The zero-order valence-electron chi connectivity index (χ0n) is 11.9. The van der Waals surface area contributed by atoms with Crippen molar-refractivity contribution in [2.24, 2.45) is 5.92 Å². The predicted octanol–water partition coefficient (Wildman–Crippen LogP) is 0.00940. The Morgan fingerprint density at radius 3 is 2.26 bits per heavy atom. The smallest absolute Gasteiger partial charge is 0.407 e. The molecule has 0 aliphatic carbocycles. The number of carbonyl (C=O) groups excluding carboxylic acids is 3. The SMILES string of the molecule is CCNC(=O)CNC(=O)[C@@H](CC(C)C)NC(=O)OC. The molecule has 0 saturated heterocycles. The molecule has 0 aromatic heterocycles. The Hall–Kier alpha value is -1.79. The Morgan fingerprint density at radius 2 is 1.79 bits per heavy atom. The highest BCUT2D eigenvalue weighted by molar-refractivity contribution is 5.89. The van der Waals surface area contributed by atoms with Crippen LogP contribution in [0.15, 0.2) is 0 Å². The third-order valence-corrected chi connectivity index (χ3v) is 2.30. The normalized spacial score (nSPS) is 11.6. The van der Waals surface area contributed by atoms with E-state index in [4.69, 9.17) is 0 Å². The summed E-state index contributed by atoms with van der Waals surface area (Å²) in [6.45, 7) is 6.06. The van der Waals surface area contributed by atoms with Gasteiger partial charge in [-0.1, -0.05) is 13.8 Å². The number of methoxy groups -OCH3 is 1. The van der Waals surface area contributed by atoms with Crippen LogP contribution in [0.25, 0.3) is 0 Å². The Labute approximate surface area is 113 Å². The van der Waals surface area contributed by atoms with E-state index in [1.54, 1.807) is 6.92 Å². The summed E-state index contributed by atoms with van der Waals surface area (Å²) in [7, 11) is 1.23. The van der Waals surface area contributed by atoms with E-state index in [0.717, 1.165) is 0 Å². The van der Waals surface area contributed by atoms with Crippen molar-refractivity contribution >= 4 is 17.9 Å². The monoisotopic (exact) mass is 273 g/mol. The Kier molecular flexibility index (Phi) is 8.32. The van der Waals surface area contributed by atoms with E-state index in [2.05, 4.69) is 20.7 Å². The van der Waals surface area contributed by atoms with Gasteiger partial charge in [0.2, 0.25) is 11.8 Å². The maximum atomic E-state index is 11.9. The topological polar surface area (TPSA) is 96.5 Å². The first-order valence-corrected chi connectivity index (χ1v) is 6.29. The van der Waals surface area contributed by atoms with Crippen LogP contribution in [-0.4, -0.2) is 44.1 Å². The minimum absolute atomic E-state index is 0.107. The molecule has 0 unspecified atom stereocenters. The molecule has 110 valence electrons. The highest BCUT2D eigenvalue weighted by Gasteiger charge is 2.22. The van der Waals surface area contributed by atoms with Crippen molar-refractivity contribution in [1.29, 1.82) is 0 Å². The van der Waals surface area contributed by atoms with E-state index in [9.17, 15) is 14.4 Å². The minimum atomic E-state index is -0.707. The van der Waals surface area contributed by atoms with E-state index in [1.807, 2.05) is 13.8 Å². The fraction of sp³-hybridized carbons (Fsp3) is 0.750. The molecule has 0 bridgehead atoms. The average Bonchev–Trinajstić information content (AvgIpc) is 2.34. The Balaban J connectivity index is 4.37. The molecule has 7 heteroatoms.